The summed E-state index contributed by atoms with van der Waals surface area (Å²) in [7, 11) is 0. The number of ether oxygens (including phenoxy) is 1. The van der Waals surface area contributed by atoms with Crippen LogP contribution in [0.15, 0.2) is 0 Å². The van der Waals surface area contributed by atoms with E-state index in [1.54, 1.807) is 0 Å². The first-order valence-electron chi connectivity index (χ1n) is 4.35. The highest BCUT2D eigenvalue weighted by Crippen LogP contribution is 2.48. The summed E-state index contributed by atoms with van der Waals surface area (Å²) in [6, 6.07) is 0. The van der Waals surface area contributed by atoms with E-state index >= 15 is 0 Å². The van der Waals surface area contributed by atoms with Crippen LogP contribution in [-0.2, 0) is 9.53 Å². The van der Waals surface area contributed by atoms with Crippen molar-refractivity contribution in [3.63, 3.8) is 0 Å². The van der Waals surface area contributed by atoms with Gasteiger partial charge < -0.3 is 4.74 Å². The number of nitrogens with zero attached hydrogens (tertiary/aromatic N) is 1. The molecule has 0 amide bonds. The summed E-state index contributed by atoms with van der Waals surface area (Å²) in [6.45, 7) is -1.67. The number of carbonyl (C=O) groups is 1. The number of halogens is 7. The summed E-state index contributed by atoms with van der Waals surface area (Å²) in [5, 5.41) is 9.97. The van der Waals surface area contributed by atoms with Gasteiger partial charge in [-0.25, -0.2) is 0 Å². The molecule has 0 saturated carbocycles. The average Bonchev–Trinajstić information content (AvgIpc) is 2.12. The number of hydrogen-bond donors (Lipinski definition) is 0. The lowest BCUT2D eigenvalue weighted by Gasteiger charge is -2.31. The lowest BCUT2D eigenvalue weighted by atomic mass is 10.1. The summed E-state index contributed by atoms with van der Waals surface area (Å²) < 4.78 is 90.2. The van der Waals surface area contributed by atoms with Crippen molar-refractivity contribution in [1.82, 2.24) is 0 Å². The minimum atomic E-state index is -6.66. The van der Waals surface area contributed by atoms with Crippen LogP contribution in [0.4, 0.5) is 30.7 Å². The number of nitro groups is 1. The molecule has 0 N–H and O–H groups in total. The zero-order valence-electron chi connectivity index (χ0n) is 9.01. The van der Waals surface area contributed by atoms with Crippen LogP contribution in [0.25, 0.3) is 0 Å². The van der Waals surface area contributed by atoms with Gasteiger partial charge in [0.15, 0.2) is 0 Å². The van der Waals surface area contributed by atoms with Gasteiger partial charge in [-0.3, -0.25) is 14.9 Å². The Balaban J connectivity index is 5.50. The van der Waals surface area contributed by atoms with Crippen molar-refractivity contribution in [2.24, 2.45) is 0 Å². The first-order valence-corrected chi connectivity index (χ1v) is 4.35. The standard InChI is InChI=1S/C7H6F7NO4/c1-3(16)19-4(2-15(17)18)5(8,9)6(10,11)7(12,13)14/h4H,2H2,1H3. The number of rotatable bonds is 5. The topological polar surface area (TPSA) is 69.4 Å². The van der Waals surface area contributed by atoms with E-state index in [4.69, 9.17) is 0 Å². The predicted molar refractivity (Wildman–Crippen MR) is 43.4 cm³/mol. The summed E-state index contributed by atoms with van der Waals surface area (Å²) in [5.74, 6) is -14.2. The second kappa shape index (κ2) is 5.17. The van der Waals surface area contributed by atoms with Gasteiger partial charge in [-0.1, -0.05) is 0 Å². The quantitative estimate of drug-likeness (QED) is 0.337. The highest BCUT2D eigenvalue weighted by molar-refractivity contribution is 5.66. The molecule has 0 aromatic rings. The normalized spacial score (nSPS) is 14.9. The Morgan fingerprint density at radius 1 is 1.21 bits per heavy atom. The summed E-state index contributed by atoms with van der Waals surface area (Å²) in [5.41, 5.74) is 0. The zero-order chi connectivity index (χ0) is 15.6. The molecule has 5 nitrogen and oxygen atoms in total. The molecule has 0 bridgehead atoms. The predicted octanol–water partition coefficient (Wildman–Crippen LogP) is 2.03. The third kappa shape index (κ3) is 3.67. The fourth-order valence-corrected chi connectivity index (χ4v) is 0.953. The Morgan fingerprint density at radius 2 is 1.63 bits per heavy atom. The SMILES string of the molecule is CC(=O)OC(C[N+](=O)[O-])C(F)(F)C(F)(F)C(F)(F)F. The van der Waals surface area contributed by atoms with Gasteiger partial charge in [0.05, 0.1) is 0 Å². The van der Waals surface area contributed by atoms with Crippen molar-refractivity contribution in [1.29, 1.82) is 0 Å². The zero-order valence-corrected chi connectivity index (χ0v) is 9.01. The van der Waals surface area contributed by atoms with Crippen LogP contribution in [0.2, 0.25) is 0 Å². The second-order valence-electron chi connectivity index (χ2n) is 3.31. The van der Waals surface area contributed by atoms with Crippen molar-refractivity contribution in [3.05, 3.63) is 10.1 Å². The van der Waals surface area contributed by atoms with E-state index in [0.29, 0.717) is 6.92 Å². The number of alkyl halides is 7. The molecule has 0 spiro atoms. The van der Waals surface area contributed by atoms with Gasteiger partial charge in [-0.2, -0.15) is 30.7 Å². The van der Waals surface area contributed by atoms with Crippen molar-refractivity contribution < 1.29 is 45.2 Å². The summed E-state index contributed by atoms with van der Waals surface area (Å²) in [4.78, 5) is 18.7. The lowest BCUT2D eigenvalue weighted by molar-refractivity contribution is -0.503. The Hall–Kier alpha value is -1.62. The van der Waals surface area contributed by atoms with Gasteiger partial charge in [0.1, 0.15) is 0 Å². The van der Waals surface area contributed by atoms with E-state index in [-0.39, 0.29) is 0 Å². The van der Waals surface area contributed by atoms with E-state index in [2.05, 4.69) is 4.74 Å². The minimum absolute atomic E-state index is 0.425. The van der Waals surface area contributed by atoms with Gasteiger partial charge in [0.2, 0.25) is 12.6 Å². The van der Waals surface area contributed by atoms with Crippen LogP contribution in [-0.4, -0.2) is 41.6 Å². The smallest absolute Gasteiger partial charge is 0.449 e. The molecule has 0 saturated heterocycles. The highest BCUT2D eigenvalue weighted by atomic mass is 19.4. The number of esters is 1. The van der Waals surface area contributed by atoms with Crippen molar-refractivity contribution in [2.75, 3.05) is 6.54 Å². The molecule has 0 aromatic carbocycles. The average molecular weight is 301 g/mol. The fraction of sp³-hybridized carbons (Fsp3) is 0.857. The monoisotopic (exact) mass is 301 g/mol. The van der Waals surface area contributed by atoms with Crippen molar-refractivity contribution >= 4 is 5.97 Å². The lowest BCUT2D eigenvalue weighted by Crippen LogP contribution is -2.60. The molecule has 12 heteroatoms. The molecular weight excluding hydrogens is 295 g/mol. The van der Waals surface area contributed by atoms with Gasteiger partial charge >= 0.3 is 24.0 Å². The summed E-state index contributed by atoms with van der Waals surface area (Å²) >= 11 is 0. The van der Waals surface area contributed by atoms with E-state index in [1.165, 1.54) is 0 Å². The van der Waals surface area contributed by atoms with E-state index in [9.17, 15) is 45.6 Å². The van der Waals surface area contributed by atoms with Crippen LogP contribution in [0.5, 0.6) is 0 Å². The number of carbonyl (C=O) groups excluding carboxylic acids is 1. The molecule has 0 aliphatic carbocycles. The van der Waals surface area contributed by atoms with E-state index < -0.39 is 41.6 Å². The van der Waals surface area contributed by atoms with E-state index in [1.807, 2.05) is 0 Å². The molecule has 0 aromatic heterocycles. The Morgan fingerprint density at radius 3 is 1.89 bits per heavy atom. The molecule has 112 valence electrons. The minimum Gasteiger partial charge on any atom is -0.449 e. The van der Waals surface area contributed by atoms with Crippen LogP contribution < -0.4 is 0 Å². The third-order valence-electron chi connectivity index (χ3n) is 1.80. The van der Waals surface area contributed by atoms with Crippen molar-refractivity contribution in [2.45, 2.75) is 31.0 Å². The molecule has 0 radical (unpaired) electrons. The molecule has 1 unspecified atom stereocenters. The first-order chi connectivity index (χ1) is 8.23. The van der Waals surface area contributed by atoms with Gasteiger partial charge in [-0.05, 0) is 0 Å². The molecule has 19 heavy (non-hydrogen) atoms. The molecular formula is C7H6F7NO4. The molecule has 1 atom stereocenters. The maximum Gasteiger partial charge on any atom is 0.460 e. The van der Waals surface area contributed by atoms with Crippen LogP contribution in [0.3, 0.4) is 0 Å². The van der Waals surface area contributed by atoms with Gasteiger partial charge in [0.25, 0.3) is 0 Å². The maximum absolute atomic E-state index is 13.0. The highest BCUT2D eigenvalue weighted by Gasteiger charge is 2.77. The molecule has 0 heterocycles. The molecule has 0 aliphatic heterocycles. The third-order valence-corrected chi connectivity index (χ3v) is 1.80. The second-order valence-corrected chi connectivity index (χ2v) is 3.31. The molecule has 0 fully saturated rings. The largest absolute Gasteiger partial charge is 0.460 e. The van der Waals surface area contributed by atoms with Crippen molar-refractivity contribution in [3.8, 4) is 0 Å². The van der Waals surface area contributed by atoms with Gasteiger partial charge in [-0.15, -0.1) is 0 Å². The van der Waals surface area contributed by atoms with E-state index in [0.717, 1.165) is 0 Å². The van der Waals surface area contributed by atoms with Crippen LogP contribution in [0, 0.1) is 10.1 Å². The van der Waals surface area contributed by atoms with Crippen LogP contribution >= 0.6 is 0 Å². The van der Waals surface area contributed by atoms with Gasteiger partial charge in [0, 0.05) is 11.8 Å². The van der Waals surface area contributed by atoms with Crippen LogP contribution in [0.1, 0.15) is 6.92 Å². The Kier molecular flexibility index (Phi) is 4.73. The molecule has 0 rings (SSSR count). The number of hydrogen-bond acceptors (Lipinski definition) is 4. The first kappa shape index (κ1) is 17.4. The fourth-order valence-electron chi connectivity index (χ4n) is 0.953. The Labute approximate surface area is 100 Å². The Bertz CT molecular complexity index is 351. The summed E-state index contributed by atoms with van der Waals surface area (Å²) in [6.07, 6.45) is -10.2. The molecule has 0 aliphatic rings. The maximum atomic E-state index is 13.0.